The Morgan fingerprint density at radius 3 is 2.48 bits per heavy atom. The van der Waals surface area contributed by atoms with Crippen LogP contribution >= 0.6 is 0 Å². The van der Waals surface area contributed by atoms with Crippen LogP contribution in [0.3, 0.4) is 0 Å². The zero-order chi connectivity index (χ0) is 17.6. The van der Waals surface area contributed by atoms with Crippen molar-refractivity contribution in [3.63, 3.8) is 0 Å². The average Bonchev–Trinajstić information content (AvgIpc) is 3.21. The first-order chi connectivity index (χ1) is 12.9. The van der Waals surface area contributed by atoms with Crippen molar-refractivity contribution in [3.05, 3.63) is 103 Å². The van der Waals surface area contributed by atoms with Crippen molar-refractivity contribution in [2.75, 3.05) is 0 Å². The highest BCUT2D eigenvalue weighted by Crippen LogP contribution is 2.15. The minimum absolute atomic E-state index is 0. The Labute approximate surface area is 164 Å². The van der Waals surface area contributed by atoms with Gasteiger partial charge in [-0.15, -0.1) is 0 Å². The lowest BCUT2D eigenvalue weighted by molar-refractivity contribution is -0.759. The summed E-state index contributed by atoms with van der Waals surface area (Å²) in [5.74, 6) is 0. The zero-order valence-electron chi connectivity index (χ0n) is 14.8. The maximum absolute atomic E-state index is 5.78. The maximum Gasteiger partial charge on any atom is 0.251 e. The van der Waals surface area contributed by atoms with E-state index in [2.05, 4.69) is 52.6 Å². The lowest BCUT2D eigenvalue weighted by Gasteiger charge is -2.05. The highest BCUT2D eigenvalue weighted by Gasteiger charge is 2.13. The minimum Gasteiger partial charge on any atom is -1.00 e. The van der Waals surface area contributed by atoms with Crippen molar-refractivity contribution in [1.82, 2.24) is 9.55 Å². The normalized spacial score (nSPS) is 11.2. The molecule has 0 unspecified atom stereocenters. The molecular weight excluding hydrogens is 358 g/mol. The van der Waals surface area contributed by atoms with E-state index < -0.39 is 0 Å². The van der Waals surface area contributed by atoms with Gasteiger partial charge in [0.2, 0.25) is 0 Å². The van der Waals surface area contributed by atoms with E-state index in [-0.39, 0.29) is 12.4 Å². The highest BCUT2D eigenvalue weighted by molar-refractivity contribution is 5.99. The molecule has 0 bridgehead atoms. The molecule has 0 spiro atoms. The second-order valence-electron chi connectivity index (χ2n) is 6.15. The molecule has 1 aromatic heterocycles. The van der Waals surface area contributed by atoms with Gasteiger partial charge in [0.15, 0.2) is 6.61 Å². The van der Waals surface area contributed by atoms with Gasteiger partial charge in [0, 0.05) is 18.0 Å². The summed E-state index contributed by atoms with van der Waals surface area (Å²) in [6.45, 7) is 1.16. The predicted molar refractivity (Wildman–Crippen MR) is 102 cm³/mol. The Morgan fingerprint density at radius 1 is 0.926 bits per heavy atom. The number of hydrogen-bond acceptors (Lipinski definition) is 2. The first-order valence-corrected chi connectivity index (χ1v) is 8.61. The van der Waals surface area contributed by atoms with Gasteiger partial charge < -0.3 is 17.0 Å². The van der Waals surface area contributed by atoms with Crippen LogP contribution < -0.4 is 17.6 Å². The summed E-state index contributed by atoms with van der Waals surface area (Å²) in [6, 6.07) is 24.9. The number of rotatable bonds is 6. The van der Waals surface area contributed by atoms with E-state index in [1.165, 1.54) is 10.8 Å². The van der Waals surface area contributed by atoms with Crippen molar-refractivity contribution in [3.8, 4) is 0 Å². The fourth-order valence-electron chi connectivity index (χ4n) is 2.90. The van der Waals surface area contributed by atoms with Gasteiger partial charge in [-0.05, 0) is 33.6 Å². The van der Waals surface area contributed by atoms with E-state index in [1.54, 1.807) is 12.5 Å². The first-order valence-electron chi connectivity index (χ1n) is 8.61. The van der Waals surface area contributed by atoms with Crippen molar-refractivity contribution in [2.45, 2.75) is 13.2 Å². The largest absolute Gasteiger partial charge is 1.00 e. The zero-order valence-corrected chi connectivity index (χ0v) is 15.5. The number of nitrogens with one attached hydrogen (secondary N) is 1. The first kappa shape index (κ1) is 18.7. The number of nitrogens with zero attached hydrogens (tertiary/aromatic N) is 2. The van der Waals surface area contributed by atoms with Gasteiger partial charge in [-0.25, -0.2) is 4.98 Å². The van der Waals surface area contributed by atoms with Gasteiger partial charge in [0.25, 0.3) is 5.71 Å². The fraction of sp³-hybridized carbons (Fsp3) is 0.0909. The molecule has 27 heavy (non-hydrogen) atoms. The number of hydrogen-bond donors (Lipinski definition) is 1. The molecule has 0 radical (unpaired) electrons. The van der Waals surface area contributed by atoms with Crippen LogP contribution in [0.1, 0.15) is 11.1 Å². The Morgan fingerprint density at radius 2 is 1.70 bits per heavy atom. The molecule has 1 heterocycles. The van der Waals surface area contributed by atoms with Gasteiger partial charge in [-0.3, -0.25) is 4.84 Å². The van der Waals surface area contributed by atoms with Crippen LogP contribution in [-0.2, 0) is 18.0 Å². The van der Waals surface area contributed by atoms with Gasteiger partial charge in [-0.1, -0.05) is 60.7 Å². The molecule has 4 rings (SSSR count). The summed E-state index contributed by atoms with van der Waals surface area (Å²) in [6.07, 6.45) is 5.53. The number of halogens is 1. The number of imidazole rings is 1. The molecule has 0 saturated carbocycles. The molecule has 4 nitrogen and oxygen atoms in total. The summed E-state index contributed by atoms with van der Waals surface area (Å²) in [4.78, 5) is 9.90. The topological polar surface area (TPSA) is 41.0 Å². The Balaban J connectivity index is 0.00000210. The summed E-state index contributed by atoms with van der Waals surface area (Å²) < 4.78 is 2.02. The van der Waals surface area contributed by atoms with Crippen LogP contribution in [-0.4, -0.2) is 15.3 Å². The monoisotopic (exact) mass is 377 g/mol. The Kier molecular flexibility index (Phi) is 6.23. The second-order valence-corrected chi connectivity index (χ2v) is 6.15. The van der Waals surface area contributed by atoms with E-state index in [0.717, 1.165) is 16.8 Å². The highest BCUT2D eigenvalue weighted by atomic mass is 35.5. The third kappa shape index (κ3) is 4.74. The molecule has 136 valence electrons. The van der Waals surface area contributed by atoms with E-state index >= 15 is 0 Å². The predicted octanol–water partition coefficient (Wildman–Crippen LogP) is -0.258. The molecule has 0 aliphatic heterocycles. The fourth-order valence-corrected chi connectivity index (χ4v) is 2.90. The molecule has 5 heteroatoms. The molecule has 0 fully saturated rings. The number of benzene rings is 3. The third-order valence-electron chi connectivity index (χ3n) is 4.27. The molecule has 0 atom stereocenters. The summed E-state index contributed by atoms with van der Waals surface area (Å²) >= 11 is 0. The average molecular weight is 378 g/mol. The van der Waals surface area contributed by atoms with E-state index in [1.807, 2.05) is 41.1 Å². The van der Waals surface area contributed by atoms with Crippen LogP contribution in [0.5, 0.6) is 0 Å². The lowest BCUT2D eigenvalue weighted by atomic mass is 10.0. The van der Waals surface area contributed by atoms with E-state index in [4.69, 9.17) is 4.84 Å². The van der Waals surface area contributed by atoms with Crippen molar-refractivity contribution < 1.29 is 22.4 Å². The molecule has 0 saturated heterocycles. The number of fused-ring (bicyclic) bond motifs is 1. The minimum atomic E-state index is 0. The molecule has 4 aromatic rings. The third-order valence-corrected chi connectivity index (χ3v) is 4.27. The molecule has 1 N–H and O–H groups in total. The van der Waals surface area contributed by atoms with Crippen LogP contribution in [0, 0.1) is 0 Å². The molecule has 0 aliphatic rings. The quantitative estimate of drug-likeness (QED) is 0.371. The van der Waals surface area contributed by atoms with Crippen LogP contribution in [0.15, 0.2) is 91.5 Å². The van der Waals surface area contributed by atoms with Gasteiger partial charge in [0.05, 0.1) is 6.33 Å². The van der Waals surface area contributed by atoms with Crippen molar-refractivity contribution in [2.24, 2.45) is 0 Å². The molecule has 3 aromatic carbocycles. The van der Waals surface area contributed by atoms with Crippen LogP contribution in [0.2, 0.25) is 0 Å². The second kappa shape index (κ2) is 9.01. The van der Waals surface area contributed by atoms with Crippen molar-refractivity contribution >= 4 is 16.5 Å². The Bertz CT molecular complexity index is 1010. The van der Waals surface area contributed by atoms with Gasteiger partial charge >= 0.3 is 0 Å². The van der Waals surface area contributed by atoms with Crippen LogP contribution in [0.4, 0.5) is 0 Å². The lowest BCUT2D eigenvalue weighted by Crippen LogP contribution is -3.00. The van der Waals surface area contributed by atoms with E-state index in [9.17, 15) is 0 Å². The Hall–Kier alpha value is -3.11. The van der Waals surface area contributed by atoms with Crippen LogP contribution in [0.25, 0.3) is 10.8 Å². The maximum atomic E-state index is 5.78. The summed E-state index contributed by atoms with van der Waals surface area (Å²) in [5, 5.41) is 5.59. The smallest absolute Gasteiger partial charge is 0.251 e. The van der Waals surface area contributed by atoms with Gasteiger partial charge in [0.1, 0.15) is 6.54 Å². The SMILES string of the molecule is [Cl-].c1ccc(CO/[NH+]=C(\Cn2ccnc2)c2ccc3ccccc3c2)cc1. The standard InChI is InChI=1S/C22H19N3O.ClH/c1-2-6-18(7-3-1)16-26-24-22(15-25-13-12-23-17-25)21-11-10-19-8-4-5-9-20(19)14-21;/h1-14,17H,15-16H2;1H/b24-22+;. The van der Waals surface area contributed by atoms with Gasteiger partial charge in [-0.2, -0.15) is 0 Å². The summed E-state index contributed by atoms with van der Waals surface area (Å²) in [5.41, 5.74) is 3.22. The van der Waals surface area contributed by atoms with Crippen molar-refractivity contribution in [1.29, 1.82) is 0 Å². The molecule has 0 aliphatic carbocycles. The summed E-state index contributed by atoms with van der Waals surface area (Å²) in [7, 11) is 0. The van der Waals surface area contributed by atoms with E-state index in [0.29, 0.717) is 13.2 Å². The number of aromatic nitrogens is 2. The molecular formula is C22H20ClN3O. The molecule has 0 amide bonds.